The number of rotatable bonds is 8. The molecule has 1 aliphatic carbocycles. The van der Waals surface area contributed by atoms with Crippen molar-refractivity contribution >= 4 is 11.7 Å². The molecule has 1 aliphatic rings. The van der Waals surface area contributed by atoms with Gasteiger partial charge in [-0.15, -0.1) is 0 Å². The fraction of sp³-hybridized carbons (Fsp3) is 0.800. The molecule has 0 spiro atoms. The summed E-state index contributed by atoms with van der Waals surface area (Å²) in [6.45, 7) is 1.45. The van der Waals surface area contributed by atoms with E-state index in [1.54, 1.807) is 0 Å². The standard InChI is InChI=1S/C10H20N4O2/c11-9(14-16)2-1-6-12-7-5-10(15)13-8-3-4-8/h8,12,16H,1-7H2,(H2,11,14)(H,13,15). The third-order valence-corrected chi connectivity index (χ3v) is 2.39. The predicted molar refractivity (Wildman–Crippen MR) is 61.3 cm³/mol. The molecule has 0 saturated heterocycles. The maximum atomic E-state index is 11.3. The van der Waals surface area contributed by atoms with Crippen LogP contribution in [-0.2, 0) is 4.79 Å². The van der Waals surface area contributed by atoms with Crippen molar-refractivity contribution in [2.24, 2.45) is 10.9 Å². The molecule has 1 saturated carbocycles. The van der Waals surface area contributed by atoms with Gasteiger partial charge in [-0.1, -0.05) is 5.16 Å². The Morgan fingerprint density at radius 1 is 1.38 bits per heavy atom. The van der Waals surface area contributed by atoms with Crippen LogP contribution in [0.3, 0.4) is 0 Å². The number of hydrogen-bond donors (Lipinski definition) is 4. The number of amidine groups is 1. The Morgan fingerprint density at radius 3 is 2.75 bits per heavy atom. The molecule has 1 amide bonds. The number of nitrogens with two attached hydrogens (primary N) is 1. The first-order valence-electron chi connectivity index (χ1n) is 5.69. The molecule has 5 N–H and O–H groups in total. The van der Waals surface area contributed by atoms with E-state index in [4.69, 9.17) is 10.9 Å². The molecule has 1 rings (SSSR count). The van der Waals surface area contributed by atoms with Gasteiger partial charge in [0.05, 0.1) is 0 Å². The van der Waals surface area contributed by atoms with Crippen molar-refractivity contribution in [3.05, 3.63) is 0 Å². The van der Waals surface area contributed by atoms with Gasteiger partial charge in [-0.05, 0) is 25.8 Å². The third-order valence-electron chi connectivity index (χ3n) is 2.39. The van der Waals surface area contributed by atoms with E-state index in [1.807, 2.05) is 0 Å². The molecule has 1 fully saturated rings. The van der Waals surface area contributed by atoms with E-state index in [2.05, 4.69) is 15.8 Å². The van der Waals surface area contributed by atoms with Crippen molar-refractivity contribution in [1.29, 1.82) is 0 Å². The van der Waals surface area contributed by atoms with Crippen molar-refractivity contribution in [2.75, 3.05) is 13.1 Å². The third kappa shape index (κ3) is 6.23. The summed E-state index contributed by atoms with van der Waals surface area (Å²) >= 11 is 0. The lowest BCUT2D eigenvalue weighted by molar-refractivity contribution is -0.121. The first kappa shape index (κ1) is 12.8. The molecule has 0 radical (unpaired) electrons. The zero-order valence-electron chi connectivity index (χ0n) is 9.41. The molecule has 16 heavy (non-hydrogen) atoms. The molecule has 0 aromatic rings. The van der Waals surface area contributed by atoms with Crippen LogP contribution in [0.15, 0.2) is 5.16 Å². The highest BCUT2D eigenvalue weighted by Gasteiger charge is 2.22. The Bertz CT molecular complexity index is 251. The maximum Gasteiger partial charge on any atom is 0.221 e. The van der Waals surface area contributed by atoms with Gasteiger partial charge < -0.3 is 21.6 Å². The summed E-state index contributed by atoms with van der Waals surface area (Å²) in [6.07, 6.45) is 4.13. The van der Waals surface area contributed by atoms with Gasteiger partial charge in [0, 0.05) is 25.4 Å². The maximum absolute atomic E-state index is 11.3. The minimum Gasteiger partial charge on any atom is -0.409 e. The second-order valence-corrected chi connectivity index (χ2v) is 4.04. The Balaban J connectivity index is 1.85. The van der Waals surface area contributed by atoms with Crippen LogP contribution < -0.4 is 16.4 Å². The number of nitrogens with one attached hydrogen (secondary N) is 2. The molecule has 6 nitrogen and oxygen atoms in total. The normalized spacial score (nSPS) is 16.1. The topological polar surface area (TPSA) is 99.7 Å². The fourth-order valence-electron chi connectivity index (χ4n) is 1.30. The van der Waals surface area contributed by atoms with Crippen LogP contribution in [0.5, 0.6) is 0 Å². The second-order valence-electron chi connectivity index (χ2n) is 4.04. The van der Waals surface area contributed by atoms with Crippen LogP contribution >= 0.6 is 0 Å². The fourth-order valence-corrected chi connectivity index (χ4v) is 1.30. The van der Waals surface area contributed by atoms with Crippen LogP contribution in [-0.4, -0.2) is 36.1 Å². The number of oxime groups is 1. The van der Waals surface area contributed by atoms with E-state index in [0.29, 0.717) is 25.4 Å². The smallest absolute Gasteiger partial charge is 0.221 e. The molecule has 92 valence electrons. The van der Waals surface area contributed by atoms with E-state index >= 15 is 0 Å². The minimum atomic E-state index is 0.117. The summed E-state index contributed by atoms with van der Waals surface area (Å²) in [5.74, 6) is 0.361. The summed E-state index contributed by atoms with van der Waals surface area (Å²) in [7, 11) is 0. The average molecular weight is 228 g/mol. The Morgan fingerprint density at radius 2 is 2.12 bits per heavy atom. The quantitative estimate of drug-likeness (QED) is 0.152. The lowest BCUT2D eigenvalue weighted by Gasteiger charge is -2.05. The Hall–Kier alpha value is -1.30. The number of amides is 1. The zero-order valence-corrected chi connectivity index (χ0v) is 9.41. The monoisotopic (exact) mass is 228 g/mol. The summed E-state index contributed by atoms with van der Waals surface area (Å²) in [5.41, 5.74) is 5.31. The van der Waals surface area contributed by atoms with Gasteiger partial charge in [-0.2, -0.15) is 0 Å². The average Bonchev–Trinajstić information content (AvgIpc) is 3.06. The predicted octanol–water partition coefficient (Wildman–Crippen LogP) is -0.229. The molecule has 0 heterocycles. The van der Waals surface area contributed by atoms with Crippen molar-refractivity contribution in [2.45, 2.75) is 38.1 Å². The Kier molecular flexibility index (Phi) is 5.63. The molecule has 0 unspecified atom stereocenters. The lowest BCUT2D eigenvalue weighted by atomic mass is 10.3. The first-order valence-corrected chi connectivity index (χ1v) is 5.69. The molecule has 0 aliphatic heterocycles. The Labute approximate surface area is 95.3 Å². The number of carbonyl (C=O) groups is 1. The van der Waals surface area contributed by atoms with E-state index < -0.39 is 0 Å². The minimum absolute atomic E-state index is 0.117. The van der Waals surface area contributed by atoms with Crippen LogP contribution in [0.2, 0.25) is 0 Å². The molecule has 6 heteroatoms. The number of carbonyl (C=O) groups excluding carboxylic acids is 1. The van der Waals surface area contributed by atoms with Gasteiger partial charge in [-0.3, -0.25) is 4.79 Å². The summed E-state index contributed by atoms with van der Waals surface area (Å²) in [5, 5.41) is 17.2. The van der Waals surface area contributed by atoms with Crippen LogP contribution in [0.25, 0.3) is 0 Å². The number of hydrogen-bond acceptors (Lipinski definition) is 4. The molecule has 0 atom stereocenters. The molecular formula is C10H20N4O2. The highest BCUT2D eigenvalue weighted by Crippen LogP contribution is 2.18. The van der Waals surface area contributed by atoms with E-state index in [9.17, 15) is 4.79 Å². The van der Waals surface area contributed by atoms with Gasteiger partial charge in [0.15, 0.2) is 0 Å². The molecule has 0 bridgehead atoms. The highest BCUT2D eigenvalue weighted by atomic mass is 16.4. The van der Waals surface area contributed by atoms with Gasteiger partial charge >= 0.3 is 0 Å². The summed E-state index contributed by atoms with van der Waals surface area (Å²) in [6, 6.07) is 0.438. The van der Waals surface area contributed by atoms with Crippen molar-refractivity contribution in [1.82, 2.24) is 10.6 Å². The molecule has 0 aromatic heterocycles. The zero-order chi connectivity index (χ0) is 11.8. The van der Waals surface area contributed by atoms with E-state index in [1.165, 1.54) is 0 Å². The van der Waals surface area contributed by atoms with Gasteiger partial charge in [0.2, 0.25) is 5.91 Å². The van der Waals surface area contributed by atoms with E-state index in [0.717, 1.165) is 25.8 Å². The summed E-state index contributed by atoms with van der Waals surface area (Å²) in [4.78, 5) is 11.3. The first-order chi connectivity index (χ1) is 7.72. The van der Waals surface area contributed by atoms with Crippen LogP contribution in [0, 0.1) is 0 Å². The lowest BCUT2D eigenvalue weighted by Crippen LogP contribution is -2.29. The van der Waals surface area contributed by atoms with Crippen LogP contribution in [0.4, 0.5) is 0 Å². The second kappa shape index (κ2) is 7.05. The van der Waals surface area contributed by atoms with Gasteiger partial charge in [0.25, 0.3) is 0 Å². The number of nitrogens with zero attached hydrogens (tertiary/aromatic N) is 1. The van der Waals surface area contributed by atoms with Crippen molar-refractivity contribution in [3.8, 4) is 0 Å². The highest BCUT2D eigenvalue weighted by molar-refractivity contribution is 5.79. The molecular weight excluding hydrogens is 208 g/mol. The largest absolute Gasteiger partial charge is 0.409 e. The van der Waals surface area contributed by atoms with Gasteiger partial charge in [0.1, 0.15) is 5.84 Å². The van der Waals surface area contributed by atoms with Gasteiger partial charge in [-0.25, -0.2) is 0 Å². The van der Waals surface area contributed by atoms with E-state index in [-0.39, 0.29) is 11.7 Å². The van der Waals surface area contributed by atoms with Crippen molar-refractivity contribution < 1.29 is 10.0 Å². The SMILES string of the molecule is NC(CCCNCCC(=O)NC1CC1)=NO. The van der Waals surface area contributed by atoms with Crippen LogP contribution in [0.1, 0.15) is 32.1 Å². The van der Waals surface area contributed by atoms with Crippen molar-refractivity contribution in [3.63, 3.8) is 0 Å². The summed E-state index contributed by atoms with van der Waals surface area (Å²) < 4.78 is 0. The molecule has 0 aromatic carbocycles.